The molecule has 2 heteroatoms. The third kappa shape index (κ3) is 7.05. The van der Waals surface area contributed by atoms with Crippen molar-refractivity contribution in [1.82, 2.24) is 10.2 Å². The maximum absolute atomic E-state index is 3.76. The highest BCUT2D eigenvalue weighted by molar-refractivity contribution is 4.78. The van der Waals surface area contributed by atoms with Gasteiger partial charge in [0.25, 0.3) is 0 Å². The summed E-state index contributed by atoms with van der Waals surface area (Å²) in [5.74, 6) is 2.18. The maximum Gasteiger partial charge on any atom is 0.0217 e. The molecule has 0 aromatic rings. The van der Waals surface area contributed by atoms with Gasteiger partial charge in [-0.1, -0.05) is 41.5 Å². The van der Waals surface area contributed by atoms with Crippen LogP contribution in [0.2, 0.25) is 0 Å². The molecular formula is C15H34N2. The van der Waals surface area contributed by atoms with Crippen molar-refractivity contribution in [3.63, 3.8) is 0 Å². The van der Waals surface area contributed by atoms with E-state index in [1.807, 2.05) is 0 Å². The van der Waals surface area contributed by atoms with Crippen molar-refractivity contribution in [3.05, 3.63) is 0 Å². The summed E-state index contributed by atoms with van der Waals surface area (Å²) in [6.45, 7) is 15.0. The third-order valence-electron chi connectivity index (χ3n) is 3.50. The van der Waals surface area contributed by atoms with E-state index < -0.39 is 0 Å². The number of rotatable bonds is 8. The summed E-state index contributed by atoms with van der Waals surface area (Å²) in [5, 5.41) is 3.76. The van der Waals surface area contributed by atoms with Crippen LogP contribution in [0.1, 0.15) is 48.0 Å². The maximum atomic E-state index is 3.76. The number of nitrogens with one attached hydrogen (secondary N) is 1. The van der Waals surface area contributed by atoms with Crippen LogP contribution in [0.25, 0.3) is 0 Å². The molecule has 0 saturated heterocycles. The van der Waals surface area contributed by atoms with Crippen LogP contribution >= 0.6 is 0 Å². The fourth-order valence-corrected chi connectivity index (χ4v) is 2.53. The smallest absolute Gasteiger partial charge is 0.0217 e. The van der Waals surface area contributed by atoms with Crippen LogP contribution in [0.4, 0.5) is 0 Å². The van der Waals surface area contributed by atoms with E-state index in [1.54, 1.807) is 0 Å². The van der Waals surface area contributed by atoms with Crippen LogP contribution in [-0.4, -0.2) is 37.6 Å². The minimum atomic E-state index is 0.629. The molecule has 0 spiro atoms. The zero-order valence-corrected chi connectivity index (χ0v) is 13.2. The van der Waals surface area contributed by atoms with Crippen molar-refractivity contribution in [2.24, 2.45) is 17.8 Å². The number of hydrogen-bond acceptors (Lipinski definition) is 2. The van der Waals surface area contributed by atoms with E-state index in [0.29, 0.717) is 23.9 Å². The zero-order valence-electron chi connectivity index (χ0n) is 13.2. The molecule has 104 valence electrons. The van der Waals surface area contributed by atoms with Gasteiger partial charge in [0.05, 0.1) is 0 Å². The third-order valence-corrected chi connectivity index (χ3v) is 3.50. The van der Waals surface area contributed by atoms with E-state index in [1.165, 1.54) is 6.42 Å². The molecule has 0 aromatic heterocycles. The zero-order chi connectivity index (χ0) is 13.6. The molecule has 0 heterocycles. The fourth-order valence-electron chi connectivity index (χ4n) is 2.53. The lowest BCUT2D eigenvalue weighted by molar-refractivity contribution is 0.219. The average Bonchev–Trinajstić information content (AvgIpc) is 2.14. The molecule has 0 rings (SSSR count). The molecule has 0 aromatic carbocycles. The van der Waals surface area contributed by atoms with E-state index in [9.17, 15) is 0 Å². The van der Waals surface area contributed by atoms with E-state index in [2.05, 4.69) is 65.9 Å². The standard InChI is InChI=1S/C15H34N2/c1-11(2)9-14(17(7)8)10-16-15(12(3)4)13(5)6/h11-16H,9-10H2,1-8H3. The summed E-state index contributed by atoms with van der Waals surface area (Å²) in [6, 6.07) is 1.28. The highest BCUT2D eigenvalue weighted by Gasteiger charge is 2.20. The van der Waals surface area contributed by atoms with E-state index in [4.69, 9.17) is 0 Å². The fraction of sp³-hybridized carbons (Fsp3) is 1.00. The van der Waals surface area contributed by atoms with Gasteiger partial charge in [-0.25, -0.2) is 0 Å². The molecule has 0 aliphatic heterocycles. The molecule has 0 aliphatic carbocycles. The van der Waals surface area contributed by atoms with Gasteiger partial charge in [-0.05, 0) is 38.3 Å². The van der Waals surface area contributed by atoms with Gasteiger partial charge in [-0.3, -0.25) is 0 Å². The molecule has 0 radical (unpaired) electrons. The molecule has 2 nitrogen and oxygen atoms in total. The van der Waals surface area contributed by atoms with Gasteiger partial charge >= 0.3 is 0 Å². The van der Waals surface area contributed by atoms with Crippen molar-refractivity contribution in [2.45, 2.75) is 60.0 Å². The molecule has 0 amide bonds. The van der Waals surface area contributed by atoms with E-state index in [0.717, 1.165) is 12.5 Å². The predicted octanol–water partition coefficient (Wildman–Crippen LogP) is 3.23. The summed E-state index contributed by atoms with van der Waals surface area (Å²) < 4.78 is 0. The Bertz CT molecular complexity index is 177. The molecule has 0 fully saturated rings. The first-order valence-electron chi connectivity index (χ1n) is 7.15. The van der Waals surface area contributed by atoms with Gasteiger partial charge in [0.15, 0.2) is 0 Å². The molecule has 1 atom stereocenters. The van der Waals surface area contributed by atoms with Gasteiger partial charge in [0, 0.05) is 18.6 Å². The quantitative estimate of drug-likeness (QED) is 0.703. The highest BCUT2D eigenvalue weighted by atomic mass is 15.1. The predicted molar refractivity (Wildman–Crippen MR) is 78.4 cm³/mol. The van der Waals surface area contributed by atoms with Crippen molar-refractivity contribution < 1.29 is 0 Å². The second-order valence-corrected chi connectivity index (χ2v) is 6.67. The monoisotopic (exact) mass is 242 g/mol. The van der Waals surface area contributed by atoms with Crippen LogP contribution in [0.15, 0.2) is 0 Å². The van der Waals surface area contributed by atoms with Crippen LogP contribution in [-0.2, 0) is 0 Å². The first kappa shape index (κ1) is 16.9. The lowest BCUT2D eigenvalue weighted by Gasteiger charge is -2.32. The molecule has 1 unspecified atom stereocenters. The summed E-state index contributed by atoms with van der Waals surface area (Å²) in [7, 11) is 4.38. The first-order valence-corrected chi connectivity index (χ1v) is 7.15. The normalized spacial score (nSPS) is 14.6. The van der Waals surface area contributed by atoms with Crippen LogP contribution < -0.4 is 5.32 Å². The SMILES string of the molecule is CC(C)CC(CNC(C(C)C)C(C)C)N(C)C. The van der Waals surface area contributed by atoms with Crippen LogP contribution in [0, 0.1) is 17.8 Å². The molecule has 1 N–H and O–H groups in total. The van der Waals surface area contributed by atoms with Crippen LogP contribution in [0.3, 0.4) is 0 Å². The van der Waals surface area contributed by atoms with Gasteiger partial charge in [-0.2, -0.15) is 0 Å². The summed E-state index contributed by atoms with van der Waals surface area (Å²) >= 11 is 0. The number of hydrogen-bond donors (Lipinski definition) is 1. The molecule has 17 heavy (non-hydrogen) atoms. The molecule has 0 saturated carbocycles. The topological polar surface area (TPSA) is 15.3 Å². The van der Waals surface area contributed by atoms with E-state index >= 15 is 0 Å². The Morgan fingerprint density at radius 3 is 1.65 bits per heavy atom. The van der Waals surface area contributed by atoms with Crippen molar-refractivity contribution in [2.75, 3.05) is 20.6 Å². The van der Waals surface area contributed by atoms with Gasteiger partial charge in [0.1, 0.15) is 0 Å². The Morgan fingerprint density at radius 1 is 0.882 bits per heavy atom. The number of likely N-dealkylation sites (N-methyl/N-ethyl adjacent to an activating group) is 1. The van der Waals surface area contributed by atoms with E-state index in [-0.39, 0.29) is 0 Å². The van der Waals surface area contributed by atoms with Crippen molar-refractivity contribution in [3.8, 4) is 0 Å². The largest absolute Gasteiger partial charge is 0.312 e. The summed E-state index contributed by atoms with van der Waals surface area (Å²) in [5.41, 5.74) is 0. The van der Waals surface area contributed by atoms with Crippen molar-refractivity contribution >= 4 is 0 Å². The number of nitrogens with zero attached hydrogens (tertiary/aromatic N) is 1. The van der Waals surface area contributed by atoms with Gasteiger partial charge < -0.3 is 10.2 Å². The van der Waals surface area contributed by atoms with Crippen molar-refractivity contribution in [1.29, 1.82) is 0 Å². The Morgan fingerprint density at radius 2 is 1.35 bits per heavy atom. The lowest BCUT2D eigenvalue weighted by Crippen LogP contribution is -2.46. The Hall–Kier alpha value is -0.0800. The molecule has 0 bridgehead atoms. The summed E-state index contributed by atoms with van der Waals surface area (Å²) in [6.07, 6.45) is 1.27. The highest BCUT2D eigenvalue weighted by Crippen LogP contribution is 2.14. The second kappa shape index (κ2) is 8.10. The molecule has 0 aliphatic rings. The Labute approximate surface area is 109 Å². The molecular weight excluding hydrogens is 208 g/mol. The van der Waals surface area contributed by atoms with Gasteiger partial charge in [0.2, 0.25) is 0 Å². The minimum absolute atomic E-state index is 0.629. The first-order chi connectivity index (χ1) is 7.75. The van der Waals surface area contributed by atoms with Gasteiger partial charge in [-0.15, -0.1) is 0 Å². The minimum Gasteiger partial charge on any atom is -0.312 e. The Balaban J connectivity index is 4.27. The summed E-state index contributed by atoms with van der Waals surface area (Å²) in [4.78, 5) is 2.35. The van der Waals surface area contributed by atoms with Crippen LogP contribution in [0.5, 0.6) is 0 Å². The average molecular weight is 242 g/mol. The lowest BCUT2D eigenvalue weighted by atomic mass is 9.92. The second-order valence-electron chi connectivity index (χ2n) is 6.67. The Kier molecular flexibility index (Phi) is 8.06.